The Bertz CT molecular complexity index is 343. The van der Waals surface area contributed by atoms with E-state index >= 15 is 0 Å². The van der Waals surface area contributed by atoms with Gasteiger partial charge >= 0.3 is 5.97 Å². The summed E-state index contributed by atoms with van der Waals surface area (Å²) in [6.07, 6.45) is 1.16. The Labute approximate surface area is 88.5 Å². The van der Waals surface area contributed by atoms with Gasteiger partial charge in [-0.3, -0.25) is 0 Å². The number of aliphatic imine (C=N–C) groups is 1. The fourth-order valence-electron chi connectivity index (χ4n) is 0.975. The van der Waals surface area contributed by atoms with E-state index in [-0.39, 0.29) is 0 Å². The van der Waals surface area contributed by atoms with E-state index in [2.05, 4.69) is 4.99 Å². The van der Waals surface area contributed by atoms with Gasteiger partial charge in [0.05, 0.1) is 19.4 Å². The number of hydrogen-bond donors (Lipinski definition) is 0. The predicted molar refractivity (Wildman–Crippen MR) is 57.8 cm³/mol. The Morgan fingerprint density at radius 2 is 2.07 bits per heavy atom. The maximum absolute atomic E-state index is 10.9. The lowest BCUT2D eigenvalue weighted by molar-refractivity contribution is -0.134. The van der Waals surface area contributed by atoms with Gasteiger partial charge in [0.1, 0.15) is 12.0 Å². The summed E-state index contributed by atoms with van der Waals surface area (Å²) >= 11 is 0. The summed E-state index contributed by atoms with van der Waals surface area (Å²) in [5.74, 6) is 0.318. The van der Waals surface area contributed by atoms with Crippen molar-refractivity contribution in [2.75, 3.05) is 13.7 Å². The highest BCUT2D eigenvalue weighted by molar-refractivity contribution is 6.23. The number of hydrogen-bond acceptors (Lipinski definition) is 4. The Morgan fingerprint density at radius 1 is 1.40 bits per heavy atom. The van der Waals surface area contributed by atoms with E-state index in [1.807, 2.05) is 0 Å². The molecule has 4 heteroatoms. The van der Waals surface area contributed by atoms with Crippen molar-refractivity contribution in [1.82, 2.24) is 0 Å². The predicted octanol–water partition coefficient (Wildman–Crippen LogP) is 1.96. The normalized spacial score (nSPS) is 10.3. The van der Waals surface area contributed by atoms with Crippen LogP contribution in [0.25, 0.3) is 0 Å². The van der Waals surface area contributed by atoms with Crippen molar-refractivity contribution in [1.29, 1.82) is 0 Å². The fourth-order valence-corrected chi connectivity index (χ4v) is 0.975. The molecular formula is C11H13NO3. The summed E-state index contributed by atoms with van der Waals surface area (Å²) in [5, 5.41) is 0. The zero-order valence-corrected chi connectivity index (χ0v) is 8.77. The average molecular weight is 207 g/mol. The molecule has 4 nitrogen and oxygen atoms in total. The van der Waals surface area contributed by atoms with Gasteiger partial charge in [-0.15, -0.1) is 0 Å². The Balaban J connectivity index is 2.60. The summed E-state index contributed by atoms with van der Waals surface area (Å²) in [4.78, 5) is 14.9. The van der Waals surface area contributed by atoms with Crippen molar-refractivity contribution in [3.05, 3.63) is 24.3 Å². The third-order valence-corrected chi connectivity index (χ3v) is 1.68. The van der Waals surface area contributed by atoms with E-state index in [1.54, 1.807) is 38.3 Å². The molecule has 0 atom stereocenters. The van der Waals surface area contributed by atoms with Gasteiger partial charge in [0.2, 0.25) is 0 Å². The van der Waals surface area contributed by atoms with Crippen molar-refractivity contribution < 1.29 is 14.3 Å². The molecule has 1 aromatic carbocycles. The molecule has 0 aliphatic carbocycles. The number of rotatable bonds is 4. The van der Waals surface area contributed by atoms with Crippen molar-refractivity contribution in [2.24, 2.45) is 4.99 Å². The number of carbonyl (C=O) groups excluding carboxylic acids is 1. The molecule has 0 heterocycles. The minimum absolute atomic E-state index is 0.355. The lowest BCUT2D eigenvalue weighted by Crippen LogP contribution is -2.04. The Kier molecular flexibility index (Phi) is 4.34. The lowest BCUT2D eigenvalue weighted by Gasteiger charge is -1.98. The first-order valence-electron chi connectivity index (χ1n) is 4.61. The zero-order chi connectivity index (χ0) is 11.1. The maximum Gasteiger partial charge on any atom is 0.349 e. The summed E-state index contributed by atoms with van der Waals surface area (Å²) < 4.78 is 9.69. The quantitative estimate of drug-likeness (QED) is 0.560. The summed E-state index contributed by atoms with van der Waals surface area (Å²) in [7, 11) is 1.59. The second-order valence-electron chi connectivity index (χ2n) is 2.71. The summed E-state index contributed by atoms with van der Waals surface area (Å²) in [5.41, 5.74) is 0.684. The van der Waals surface area contributed by atoms with Gasteiger partial charge in [0.25, 0.3) is 0 Å². The van der Waals surface area contributed by atoms with Crippen LogP contribution >= 0.6 is 0 Å². The summed E-state index contributed by atoms with van der Waals surface area (Å²) in [6.45, 7) is 2.10. The highest BCUT2D eigenvalue weighted by Crippen LogP contribution is 2.16. The monoisotopic (exact) mass is 207 g/mol. The van der Waals surface area contributed by atoms with Gasteiger partial charge < -0.3 is 9.47 Å². The van der Waals surface area contributed by atoms with E-state index < -0.39 is 5.97 Å². The van der Waals surface area contributed by atoms with Crippen LogP contribution in [0.5, 0.6) is 5.75 Å². The number of nitrogens with zero attached hydrogens (tertiary/aromatic N) is 1. The molecule has 0 saturated carbocycles. The SMILES string of the molecule is CCOC(=O)/C=N\c1ccc(OC)cc1. The number of benzene rings is 1. The first-order chi connectivity index (χ1) is 7.26. The molecule has 15 heavy (non-hydrogen) atoms. The second-order valence-corrected chi connectivity index (χ2v) is 2.71. The van der Waals surface area contributed by atoms with Crippen LogP contribution in [0.1, 0.15) is 6.92 Å². The molecule has 0 N–H and O–H groups in total. The van der Waals surface area contributed by atoms with Crippen molar-refractivity contribution in [3.8, 4) is 5.75 Å². The molecule has 0 bridgehead atoms. The van der Waals surface area contributed by atoms with Crippen molar-refractivity contribution >= 4 is 17.9 Å². The van der Waals surface area contributed by atoms with Gasteiger partial charge in [0.15, 0.2) is 0 Å². The Morgan fingerprint density at radius 3 is 2.60 bits per heavy atom. The molecule has 0 aliphatic rings. The molecule has 0 spiro atoms. The van der Waals surface area contributed by atoms with E-state index in [1.165, 1.54) is 0 Å². The first kappa shape index (κ1) is 11.2. The molecule has 0 aromatic heterocycles. The van der Waals surface area contributed by atoms with Crippen LogP contribution in [0.2, 0.25) is 0 Å². The molecule has 0 saturated heterocycles. The lowest BCUT2D eigenvalue weighted by atomic mass is 10.3. The minimum Gasteiger partial charge on any atom is -0.497 e. The highest BCUT2D eigenvalue weighted by Gasteiger charge is 1.95. The third kappa shape index (κ3) is 3.81. The van der Waals surface area contributed by atoms with Gasteiger partial charge in [-0.1, -0.05) is 0 Å². The van der Waals surface area contributed by atoms with Crippen LogP contribution in [-0.2, 0) is 9.53 Å². The van der Waals surface area contributed by atoms with Gasteiger partial charge in [-0.2, -0.15) is 0 Å². The van der Waals surface area contributed by atoms with Crippen molar-refractivity contribution in [3.63, 3.8) is 0 Å². The number of ether oxygens (including phenoxy) is 2. The topological polar surface area (TPSA) is 47.9 Å². The number of methoxy groups -OCH3 is 1. The number of esters is 1. The largest absolute Gasteiger partial charge is 0.497 e. The molecule has 80 valence electrons. The van der Waals surface area contributed by atoms with Crippen LogP contribution in [0.3, 0.4) is 0 Å². The fraction of sp³-hybridized carbons (Fsp3) is 0.273. The highest BCUT2D eigenvalue weighted by atomic mass is 16.5. The zero-order valence-electron chi connectivity index (χ0n) is 8.77. The molecular weight excluding hydrogens is 194 g/mol. The molecule has 0 amide bonds. The average Bonchev–Trinajstić information content (AvgIpc) is 2.27. The third-order valence-electron chi connectivity index (χ3n) is 1.68. The van der Waals surface area contributed by atoms with Crippen LogP contribution in [0.15, 0.2) is 29.3 Å². The van der Waals surface area contributed by atoms with E-state index in [9.17, 15) is 4.79 Å². The van der Waals surface area contributed by atoms with E-state index in [0.29, 0.717) is 12.3 Å². The molecule has 1 aromatic rings. The van der Waals surface area contributed by atoms with E-state index in [4.69, 9.17) is 9.47 Å². The summed E-state index contributed by atoms with van der Waals surface area (Å²) in [6, 6.07) is 7.07. The Hall–Kier alpha value is -1.84. The van der Waals surface area contributed by atoms with Gasteiger partial charge in [-0.25, -0.2) is 9.79 Å². The van der Waals surface area contributed by atoms with Crippen LogP contribution in [-0.4, -0.2) is 25.9 Å². The van der Waals surface area contributed by atoms with Crippen molar-refractivity contribution in [2.45, 2.75) is 6.92 Å². The second kappa shape index (κ2) is 5.80. The first-order valence-corrected chi connectivity index (χ1v) is 4.61. The molecule has 1 rings (SSSR count). The molecule has 0 unspecified atom stereocenters. The van der Waals surface area contributed by atoms with E-state index in [0.717, 1.165) is 12.0 Å². The van der Waals surface area contributed by atoms with Crippen LogP contribution < -0.4 is 4.74 Å². The molecule has 0 fully saturated rings. The van der Waals surface area contributed by atoms with Gasteiger partial charge in [0, 0.05) is 0 Å². The smallest absolute Gasteiger partial charge is 0.349 e. The minimum atomic E-state index is -0.437. The van der Waals surface area contributed by atoms with Crippen LogP contribution in [0, 0.1) is 0 Å². The number of carbonyl (C=O) groups is 1. The maximum atomic E-state index is 10.9. The van der Waals surface area contributed by atoms with Crippen LogP contribution in [0.4, 0.5) is 5.69 Å². The van der Waals surface area contributed by atoms with Gasteiger partial charge in [-0.05, 0) is 31.2 Å². The molecule has 0 radical (unpaired) electrons. The molecule has 0 aliphatic heterocycles. The standard InChI is InChI=1S/C11H13NO3/c1-3-15-11(13)8-12-9-4-6-10(14-2)7-5-9/h4-8H,3H2,1-2H3/b12-8-.